The summed E-state index contributed by atoms with van der Waals surface area (Å²) < 4.78 is 0. The molecule has 0 unspecified atom stereocenters. The van der Waals surface area contributed by atoms with Crippen LogP contribution in [0.4, 0.5) is 16.2 Å². The summed E-state index contributed by atoms with van der Waals surface area (Å²) in [7, 11) is 0. The molecule has 0 aliphatic carbocycles. The van der Waals surface area contributed by atoms with Crippen molar-refractivity contribution in [3.8, 4) is 0 Å². The van der Waals surface area contributed by atoms with E-state index in [-0.39, 0.29) is 24.4 Å². The van der Waals surface area contributed by atoms with E-state index < -0.39 is 5.54 Å². The molecule has 2 fully saturated rings. The topological polar surface area (TPSA) is 85.0 Å². The van der Waals surface area contributed by atoms with Crippen LogP contribution in [0.5, 0.6) is 0 Å². The maximum atomic E-state index is 13.7. The van der Waals surface area contributed by atoms with Crippen molar-refractivity contribution in [2.45, 2.75) is 38.6 Å². The highest BCUT2D eigenvalue weighted by atomic mass is 16.2. The van der Waals surface area contributed by atoms with Gasteiger partial charge < -0.3 is 25.3 Å². The monoisotopic (exact) mass is 463 g/mol. The second kappa shape index (κ2) is 10.2. The van der Waals surface area contributed by atoms with E-state index in [4.69, 9.17) is 0 Å². The zero-order chi connectivity index (χ0) is 24.1. The predicted octanol–water partition coefficient (Wildman–Crippen LogP) is 3.06. The van der Waals surface area contributed by atoms with E-state index in [1.165, 1.54) is 5.56 Å². The zero-order valence-electron chi connectivity index (χ0n) is 19.9. The minimum atomic E-state index is -0.757. The number of carbonyl (C=O) groups is 3. The second-order valence-corrected chi connectivity index (χ2v) is 8.86. The number of likely N-dealkylation sites (tertiary alicyclic amines) is 1. The van der Waals surface area contributed by atoms with Crippen LogP contribution in [0.25, 0.3) is 0 Å². The van der Waals surface area contributed by atoms with Crippen molar-refractivity contribution in [3.05, 3.63) is 60.2 Å². The van der Waals surface area contributed by atoms with Crippen molar-refractivity contribution in [1.29, 1.82) is 0 Å². The first-order valence-corrected chi connectivity index (χ1v) is 12.0. The number of aryl methyl sites for hydroxylation is 1. The van der Waals surface area contributed by atoms with Crippen molar-refractivity contribution in [3.63, 3.8) is 0 Å². The molecule has 4 amide bonds. The first kappa shape index (κ1) is 23.6. The Morgan fingerprint density at radius 2 is 1.65 bits per heavy atom. The van der Waals surface area contributed by atoms with E-state index in [2.05, 4.69) is 22.5 Å². The molecular formula is C26H33N5O3. The number of nitrogens with one attached hydrogen (secondary N) is 2. The number of nitrogens with zero attached hydrogens (tertiary/aromatic N) is 3. The van der Waals surface area contributed by atoms with Gasteiger partial charge in [0.25, 0.3) is 5.91 Å². The molecule has 1 spiro atoms. The first-order chi connectivity index (χ1) is 16.5. The molecule has 2 aromatic carbocycles. The smallest absolute Gasteiger partial charge is 0.317 e. The largest absolute Gasteiger partial charge is 0.339 e. The number of hydrogen-bond donors (Lipinski definition) is 2. The van der Waals surface area contributed by atoms with E-state index in [0.29, 0.717) is 39.1 Å². The molecule has 34 heavy (non-hydrogen) atoms. The normalized spacial score (nSPS) is 17.2. The Morgan fingerprint density at radius 1 is 0.971 bits per heavy atom. The Kier molecular flexibility index (Phi) is 7.05. The third kappa shape index (κ3) is 4.71. The van der Waals surface area contributed by atoms with Crippen LogP contribution < -0.4 is 15.5 Å². The van der Waals surface area contributed by atoms with Crippen LogP contribution in [0.3, 0.4) is 0 Å². The van der Waals surface area contributed by atoms with E-state index in [1.54, 1.807) is 9.80 Å². The van der Waals surface area contributed by atoms with Gasteiger partial charge in [0, 0.05) is 31.0 Å². The standard InChI is InChI=1S/C26H33N5O3/c1-3-20-10-12-21(13-11-20)28-23(32)18-30-19-31(22-8-6-5-7-9-22)26(24(30)33)14-16-29(17-15-26)25(34)27-4-2/h5-13H,3-4,14-19H2,1-2H3,(H,27,34)(H,28,32). The van der Waals surface area contributed by atoms with Crippen LogP contribution in [-0.4, -0.2) is 66.0 Å². The van der Waals surface area contributed by atoms with Gasteiger partial charge in [-0.1, -0.05) is 37.3 Å². The summed E-state index contributed by atoms with van der Waals surface area (Å²) in [5.41, 5.74) is 2.11. The van der Waals surface area contributed by atoms with Crippen LogP contribution in [0.2, 0.25) is 0 Å². The molecule has 0 aromatic heterocycles. The first-order valence-electron chi connectivity index (χ1n) is 12.0. The van der Waals surface area contributed by atoms with Crippen molar-refractivity contribution in [2.75, 3.05) is 43.1 Å². The van der Waals surface area contributed by atoms with Crippen LogP contribution in [0, 0.1) is 0 Å². The van der Waals surface area contributed by atoms with Crippen molar-refractivity contribution in [1.82, 2.24) is 15.1 Å². The summed E-state index contributed by atoms with van der Waals surface area (Å²) in [6.45, 7) is 5.85. The second-order valence-electron chi connectivity index (χ2n) is 8.86. The fourth-order valence-electron chi connectivity index (χ4n) is 4.86. The number of para-hydroxylation sites is 1. The Labute approximate surface area is 200 Å². The summed E-state index contributed by atoms with van der Waals surface area (Å²) in [4.78, 5) is 44.3. The zero-order valence-corrected chi connectivity index (χ0v) is 19.9. The van der Waals surface area contributed by atoms with Crippen LogP contribution in [0.15, 0.2) is 54.6 Å². The molecule has 2 aromatic rings. The summed E-state index contributed by atoms with van der Waals surface area (Å²) in [6, 6.07) is 17.5. The van der Waals surface area contributed by atoms with E-state index in [1.807, 2.05) is 61.5 Å². The molecule has 0 radical (unpaired) electrons. The van der Waals surface area contributed by atoms with Crippen molar-refractivity contribution in [2.24, 2.45) is 0 Å². The number of amides is 4. The third-order valence-corrected chi connectivity index (χ3v) is 6.77. The number of rotatable bonds is 6. The van der Waals surface area contributed by atoms with Gasteiger partial charge in [-0.05, 0) is 56.0 Å². The van der Waals surface area contributed by atoms with Gasteiger partial charge in [0.2, 0.25) is 5.91 Å². The van der Waals surface area contributed by atoms with Crippen molar-refractivity contribution < 1.29 is 14.4 Å². The molecule has 2 heterocycles. The fraction of sp³-hybridized carbons (Fsp3) is 0.423. The third-order valence-electron chi connectivity index (χ3n) is 6.77. The molecule has 2 saturated heterocycles. The summed E-state index contributed by atoms with van der Waals surface area (Å²) in [5.74, 6) is -0.272. The van der Waals surface area contributed by atoms with Crippen LogP contribution >= 0.6 is 0 Å². The quantitative estimate of drug-likeness (QED) is 0.690. The molecule has 8 heteroatoms. The maximum Gasteiger partial charge on any atom is 0.317 e. The van der Waals surface area contributed by atoms with Crippen molar-refractivity contribution >= 4 is 29.2 Å². The Morgan fingerprint density at radius 3 is 2.26 bits per heavy atom. The molecule has 180 valence electrons. The number of anilines is 2. The van der Waals surface area contributed by atoms with Gasteiger partial charge in [0.1, 0.15) is 12.1 Å². The Hall–Kier alpha value is -3.55. The number of urea groups is 1. The molecule has 2 aliphatic heterocycles. The van der Waals surface area contributed by atoms with Gasteiger partial charge in [-0.25, -0.2) is 4.79 Å². The lowest BCUT2D eigenvalue weighted by atomic mass is 9.85. The van der Waals surface area contributed by atoms with E-state index in [0.717, 1.165) is 17.8 Å². The van der Waals surface area contributed by atoms with E-state index in [9.17, 15) is 14.4 Å². The summed E-state index contributed by atoms with van der Waals surface area (Å²) >= 11 is 0. The molecule has 8 nitrogen and oxygen atoms in total. The minimum absolute atomic E-state index is 0.0144. The average molecular weight is 464 g/mol. The number of piperidine rings is 1. The Bertz CT molecular complexity index is 1020. The van der Waals surface area contributed by atoms with E-state index >= 15 is 0 Å². The molecule has 0 saturated carbocycles. The molecule has 4 rings (SSSR count). The van der Waals surface area contributed by atoms with Gasteiger partial charge >= 0.3 is 6.03 Å². The molecule has 0 atom stereocenters. The predicted molar refractivity (Wildman–Crippen MR) is 133 cm³/mol. The highest BCUT2D eigenvalue weighted by Crippen LogP contribution is 2.39. The minimum Gasteiger partial charge on any atom is -0.339 e. The Balaban J connectivity index is 1.50. The summed E-state index contributed by atoms with van der Waals surface area (Å²) in [5, 5.41) is 5.75. The molecule has 2 N–H and O–H groups in total. The molecule has 0 bridgehead atoms. The highest BCUT2D eigenvalue weighted by molar-refractivity contribution is 5.99. The van der Waals surface area contributed by atoms with Gasteiger partial charge in [0.05, 0.1) is 6.67 Å². The van der Waals surface area contributed by atoms with Gasteiger partial charge in [-0.15, -0.1) is 0 Å². The fourth-order valence-corrected chi connectivity index (χ4v) is 4.86. The summed E-state index contributed by atoms with van der Waals surface area (Å²) in [6.07, 6.45) is 1.98. The molecular weight excluding hydrogens is 430 g/mol. The van der Waals surface area contributed by atoms with Gasteiger partial charge in [-0.2, -0.15) is 0 Å². The lowest BCUT2D eigenvalue weighted by molar-refractivity contribution is -0.136. The average Bonchev–Trinajstić information content (AvgIpc) is 3.11. The van der Waals surface area contributed by atoms with Crippen LogP contribution in [-0.2, 0) is 16.0 Å². The maximum absolute atomic E-state index is 13.7. The van der Waals surface area contributed by atoms with Gasteiger partial charge in [0.15, 0.2) is 0 Å². The SMILES string of the molecule is CCNC(=O)N1CCC2(CC1)C(=O)N(CC(=O)Nc1ccc(CC)cc1)CN2c1ccccc1. The lowest BCUT2D eigenvalue weighted by Gasteiger charge is -2.43. The number of hydrogen-bond acceptors (Lipinski definition) is 4. The molecule has 2 aliphatic rings. The lowest BCUT2D eigenvalue weighted by Crippen LogP contribution is -2.58. The highest BCUT2D eigenvalue weighted by Gasteiger charge is 2.54. The number of benzene rings is 2. The van der Waals surface area contributed by atoms with Gasteiger partial charge in [-0.3, -0.25) is 9.59 Å². The number of carbonyl (C=O) groups excluding carboxylic acids is 3. The van der Waals surface area contributed by atoms with Crippen LogP contribution in [0.1, 0.15) is 32.3 Å².